The second-order valence-corrected chi connectivity index (χ2v) is 6.32. The Kier molecular flexibility index (Phi) is 6.42. The van der Waals surface area contributed by atoms with Crippen LogP contribution in [0.5, 0.6) is 0 Å². The topological polar surface area (TPSA) is 167 Å². The molecule has 11 nitrogen and oxygen atoms in total. The number of benzene rings is 1. The molecule has 1 atom stereocenters. The molecule has 11 heteroatoms. The molecule has 4 N–H and O–H groups in total. The first-order chi connectivity index (χ1) is 14.4. The molecule has 0 saturated carbocycles. The third kappa shape index (κ3) is 5.44. The van der Waals surface area contributed by atoms with Gasteiger partial charge in [0.05, 0.1) is 24.6 Å². The number of hydrogen-bond donors (Lipinski definition) is 4. The third-order valence-electron chi connectivity index (χ3n) is 4.14. The van der Waals surface area contributed by atoms with E-state index < -0.39 is 23.9 Å². The maximum absolute atomic E-state index is 12.2. The first-order valence-electron chi connectivity index (χ1n) is 8.93. The van der Waals surface area contributed by atoms with Gasteiger partial charge in [-0.3, -0.25) is 9.59 Å². The van der Waals surface area contributed by atoms with Gasteiger partial charge in [-0.05, 0) is 30.7 Å². The Labute approximate surface area is 170 Å². The van der Waals surface area contributed by atoms with E-state index >= 15 is 0 Å². The fraction of sp³-hybridized carbons (Fsp3) is 0.211. The predicted molar refractivity (Wildman–Crippen MR) is 105 cm³/mol. The van der Waals surface area contributed by atoms with Crippen molar-refractivity contribution in [3.8, 4) is 0 Å². The molecule has 0 aliphatic heterocycles. The molecule has 2 heterocycles. The lowest BCUT2D eigenvalue weighted by Gasteiger charge is -2.14. The summed E-state index contributed by atoms with van der Waals surface area (Å²) in [6, 6.07) is 5.13. The molecule has 0 bridgehead atoms. The number of carboxylic acids is 2. The Morgan fingerprint density at radius 3 is 2.50 bits per heavy atom. The highest BCUT2D eigenvalue weighted by molar-refractivity contribution is 5.96. The fourth-order valence-electron chi connectivity index (χ4n) is 2.60. The summed E-state index contributed by atoms with van der Waals surface area (Å²) in [4.78, 5) is 50.6. The lowest BCUT2D eigenvalue weighted by Crippen LogP contribution is -2.41. The number of carbonyl (C=O) groups excluding carboxylic acids is 1. The smallest absolute Gasteiger partial charge is 0.326 e. The summed E-state index contributed by atoms with van der Waals surface area (Å²) in [5.41, 5.74) is 2.75. The third-order valence-corrected chi connectivity index (χ3v) is 4.14. The van der Waals surface area contributed by atoms with Gasteiger partial charge in [-0.25, -0.2) is 24.7 Å². The van der Waals surface area contributed by atoms with Crippen molar-refractivity contribution in [2.45, 2.75) is 25.4 Å². The molecule has 0 aliphatic carbocycles. The van der Waals surface area contributed by atoms with E-state index in [0.29, 0.717) is 23.4 Å². The van der Waals surface area contributed by atoms with Crippen LogP contribution in [0.2, 0.25) is 0 Å². The first-order valence-corrected chi connectivity index (χ1v) is 8.93. The predicted octanol–water partition coefficient (Wildman–Crippen LogP) is 1.08. The average Bonchev–Trinajstić information content (AvgIpc) is 2.75. The summed E-state index contributed by atoms with van der Waals surface area (Å²) in [6.45, 7) is 0.389. The van der Waals surface area contributed by atoms with Crippen LogP contribution in [0.4, 0.5) is 5.69 Å². The van der Waals surface area contributed by atoms with Gasteiger partial charge < -0.3 is 20.8 Å². The van der Waals surface area contributed by atoms with Crippen molar-refractivity contribution in [3.05, 3.63) is 54.2 Å². The van der Waals surface area contributed by atoms with Gasteiger partial charge in [-0.2, -0.15) is 0 Å². The van der Waals surface area contributed by atoms with Gasteiger partial charge in [0.25, 0.3) is 5.91 Å². The summed E-state index contributed by atoms with van der Waals surface area (Å²) >= 11 is 0. The zero-order chi connectivity index (χ0) is 21.5. The number of amides is 1. The highest BCUT2D eigenvalue weighted by Gasteiger charge is 2.21. The van der Waals surface area contributed by atoms with E-state index in [1.165, 1.54) is 18.5 Å². The number of rotatable bonds is 9. The van der Waals surface area contributed by atoms with E-state index in [4.69, 9.17) is 10.2 Å². The van der Waals surface area contributed by atoms with Crippen LogP contribution in [0.15, 0.2) is 43.0 Å². The molecular weight excluding hydrogens is 392 g/mol. The SMILES string of the molecule is O=C(O)CC[C@H](NC(=O)c1ccc(NCc2cnc3ncncc3n2)cc1)C(=O)O. The highest BCUT2D eigenvalue weighted by atomic mass is 16.4. The van der Waals surface area contributed by atoms with Crippen LogP contribution in [0.3, 0.4) is 0 Å². The van der Waals surface area contributed by atoms with Crippen molar-refractivity contribution in [2.75, 3.05) is 5.32 Å². The van der Waals surface area contributed by atoms with Crippen molar-refractivity contribution in [1.29, 1.82) is 0 Å². The molecule has 3 rings (SSSR count). The van der Waals surface area contributed by atoms with Crippen molar-refractivity contribution < 1.29 is 24.6 Å². The Morgan fingerprint density at radius 2 is 1.80 bits per heavy atom. The Morgan fingerprint density at radius 1 is 1.03 bits per heavy atom. The Bertz CT molecular complexity index is 1070. The van der Waals surface area contributed by atoms with E-state index in [2.05, 4.69) is 30.6 Å². The van der Waals surface area contributed by atoms with E-state index in [0.717, 1.165) is 5.69 Å². The quantitative estimate of drug-likeness (QED) is 0.400. The summed E-state index contributed by atoms with van der Waals surface area (Å²) < 4.78 is 0. The molecule has 0 spiro atoms. The standard InChI is InChI=1S/C19H18N6O5/c26-16(27)6-5-14(19(29)30)25-18(28)11-1-3-12(4-2-11)21-7-13-8-22-17-15(24-13)9-20-10-23-17/h1-4,8-10,14,21H,5-7H2,(H,25,28)(H,26,27)(H,29,30)/t14-/m0/s1. The van der Waals surface area contributed by atoms with Crippen molar-refractivity contribution in [2.24, 2.45) is 0 Å². The van der Waals surface area contributed by atoms with E-state index in [-0.39, 0.29) is 18.4 Å². The number of carboxylic acid groups (broad SMARTS) is 2. The van der Waals surface area contributed by atoms with Gasteiger partial charge in [0.15, 0.2) is 5.65 Å². The van der Waals surface area contributed by atoms with Crippen LogP contribution >= 0.6 is 0 Å². The lowest BCUT2D eigenvalue weighted by molar-refractivity contribution is -0.140. The molecule has 0 radical (unpaired) electrons. The van der Waals surface area contributed by atoms with Crippen LogP contribution in [0.25, 0.3) is 11.2 Å². The summed E-state index contributed by atoms with van der Waals surface area (Å²) in [5.74, 6) is -3.01. The molecule has 0 aliphatic rings. The van der Waals surface area contributed by atoms with Crippen LogP contribution in [0, 0.1) is 0 Å². The van der Waals surface area contributed by atoms with Crippen molar-refractivity contribution in [1.82, 2.24) is 25.3 Å². The van der Waals surface area contributed by atoms with Crippen molar-refractivity contribution in [3.63, 3.8) is 0 Å². The number of nitrogens with one attached hydrogen (secondary N) is 2. The number of aliphatic carboxylic acids is 2. The van der Waals surface area contributed by atoms with E-state index in [1.54, 1.807) is 24.5 Å². The largest absolute Gasteiger partial charge is 0.481 e. The maximum Gasteiger partial charge on any atom is 0.326 e. The molecule has 0 saturated heterocycles. The lowest BCUT2D eigenvalue weighted by atomic mass is 10.1. The van der Waals surface area contributed by atoms with Gasteiger partial charge in [0.2, 0.25) is 0 Å². The van der Waals surface area contributed by atoms with Crippen LogP contribution < -0.4 is 10.6 Å². The molecule has 0 fully saturated rings. The highest BCUT2D eigenvalue weighted by Crippen LogP contribution is 2.12. The molecule has 0 unspecified atom stereocenters. The van der Waals surface area contributed by atoms with Gasteiger partial charge in [0.1, 0.15) is 17.9 Å². The maximum atomic E-state index is 12.2. The summed E-state index contributed by atoms with van der Waals surface area (Å²) in [7, 11) is 0. The minimum atomic E-state index is -1.29. The van der Waals surface area contributed by atoms with Gasteiger partial charge >= 0.3 is 11.9 Å². The molecule has 30 heavy (non-hydrogen) atoms. The number of anilines is 1. The summed E-state index contributed by atoms with van der Waals surface area (Å²) in [6.07, 6.45) is 4.02. The minimum Gasteiger partial charge on any atom is -0.481 e. The first kappa shape index (κ1) is 20.6. The van der Waals surface area contributed by atoms with Crippen LogP contribution in [0.1, 0.15) is 28.9 Å². The normalized spacial score (nSPS) is 11.6. The molecule has 2 aromatic heterocycles. The van der Waals surface area contributed by atoms with Gasteiger partial charge in [-0.15, -0.1) is 0 Å². The second kappa shape index (κ2) is 9.37. The van der Waals surface area contributed by atoms with Gasteiger partial charge in [-0.1, -0.05) is 0 Å². The Balaban J connectivity index is 1.58. The second-order valence-electron chi connectivity index (χ2n) is 6.32. The van der Waals surface area contributed by atoms with Crippen LogP contribution in [-0.2, 0) is 16.1 Å². The monoisotopic (exact) mass is 410 g/mol. The van der Waals surface area contributed by atoms with E-state index in [9.17, 15) is 14.4 Å². The zero-order valence-corrected chi connectivity index (χ0v) is 15.6. The number of fused-ring (bicyclic) bond motifs is 1. The Hall–Kier alpha value is -4.15. The van der Waals surface area contributed by atoms with Crippen LogP contribution in [-0.4, -0.2) is 54.0 Å². The average molecular weight is 410 g/mol. The minimum absolute atomic E-state index is 0.201. The molecular formula is C19H18N6O5. The van der Waals surface area contributed by atoms with Crippen molar-refractivity contribution >= 4 is 34.7 Å². The zero-order valence-electron chi connectivity index (χ0n) is 15.6. The molecule has 1 amide bonds. The number of nitrogens with zero attached hydrogens (tertiary/aromatic N) is 4. The number of hydrogen-bond acceptors (Lipinski definition) is 8. The number of aromatic nitrogens is 4. The molecule has 1 aromatic carbocycles. The molecule has 3 aromatic rings. The summed E-state index contributed by atoms with van der Waals surface area (Å²) in [5, 5.41) is 23.3. The fourth-order valence-corrected chi connectivity index (χ4v) is 2.60. The van der Waals surface area contributed by atoms with E-state index in [1.807, 2.05) is 0 Å². The van der Waals surface area contributed by atoms with Gasteiger partial charge in [0, 0.05) is 17.7 Å². The molecule has 154 valence electrons. The number of carbonyl (C=O) groups is 3.